The van der Waals surface area contributed by atoms with Crippen LogP contribution in [0.1, 0.15) is 17.3 Å². The number of nitrogens with zero attached hydrogens (tertiary/aromatic N) is 1. The highest BCUT2D eigenvalue weighted by Gasteiger charge is 2.10. The summed E-state index contributed by atoms with van der Waals surface area (Å²) in [7, 11) is 1.47. The molecule has 2 rings (SSSR count). The predicted molar refractivity (Wildman–Crippen MR) is 93.1 cm³/mol. The number of amides is 4. The summed E-state index contributed by atoms with van der Waals surface area (Å²) in [4.78, 5) is 34.7. The Morgan fingerprint density at radius 1 is 1.16 bits per heavy atom. The fraction of sp³-hybridized carbons (Fsp3) is 0.375. The number of benzene rings is 1. The molecule has 1 aromatic heterocycles. The largest absolute Gasteiger partial charge is 0.354 e. The molecule has 1 unspecified atom stereocenters. The van der Waals surface area contributed by atoms with Gasteiger partial charge in [0.1, 0.15) is 0 Å². The molecule has 9 heteroatoms. The van der Waals surface area contributed by atoms with Crippen LogP contribution in [0.5, 0.6) is 0 Å². The molecule has 0 aliphatic carbocycles. The number of rotatable bonds is 7. The second-order valence-corrected chi connectivity index (χ2v) is 5.72. The van der Waals surface area contributed by atoms with E-state index in [1.165, 1.54) is 7.05 Å². The summed E-state index contributed by atoms with van der Waals surface area (Å²) in [6.07, 6.45) is 1.66. The first-order valence-corrected chi connectivity index (χ1v) is 7.93. The van der Waals surface area contributed by atoms with Gasteiger partial charge >= 0.3 is 6.03 Å². The molecule has 1 aromatic carbocycles. The van der Waals surface area contributed by atoms with Crippen molar-refractivity contribution in [1.82, 2.24) is 31.5 Å². The summed E-state index contributed by atoms with van der Waals surface area (Å²) in [5.74, 6) is -0.416. The Morgan fingerprint density at radius 3 is 2.68 bits per heavy atom. The highest BCUT2D eigenvalue weighted by atomic mass is 16.2. The normalized spacial score (nSPS) is 11.6. The summed E-state index contributed by atoms with van der Waals surface area (Å²) >= 11 is 0. The van der Waals surface area contributed by atoms with E-state index in [1.54, 1.807) is 24.4 Å². The van der Waals surface area contributed by atoms with Crippen LogP contribution in [0.15, 0.2) is 24.4 Å². The van der Waals surface area contributed by atoms with Gasteiger partial charge in [-0.15, -0.1) is 0 Å². The molecule has 4 amide bonds. The fourth-order valence-electron chi connectivity index (χ4n) is 2.12. The Morgan fingerprint density at radius 2 is 1.92 bits per heavy atom. The van der Waals surface area contributed by atoms with Crippen molar-refractivity contribution in [3.63, 3.8) is 0 Å². The Hall–Kier alpha value is -3.10. The average Bonchev–Trinajstić information content (AvgIpc) is 3.09. The van der Waals surface area contributed by atoms with Gasteiger partial charge < -0.3 is 21.3 Å². The lowest BCUT2D eigenvalue weighted by Crippen LogP contribution is -2.42. The standard InChI is InChI=1S/C16H22N6O3/c1-10(6-18-14(23)9-20-16(25)17-2)7-19-15(24)11-3-4-13-12(5-11)8-21-22-13/h3-5,8,10H,6-7,9H2,1-2H3,(H,18,23)(H,19,24)(H,21,22)(H2,17,20,25). The minimum absolute atomic E-state index is 0.0468. The van der Waals surface area contributed by atoms with Gasteiger partial charge in [0.15, 0.2) is 0 Å². The van der Waals surface area contributed by atoms with Crippen molar-refractivity contribution in [2.75, 3.05) is 26.7 Å². The van der Waals surface area contributed by atoms with E-state index in [2.05, 4.69) is 31.5 Å². The Balaban J connectivity index is 1.71. The van der Waals surface area contributed by atoms with Gasteiger partial charge in [-0.1, -0.05) is 6.92 Å². The van der Waals surface area contributed by atoms with E-state index in [1.807, 2.05) is 6.92 Å². The van der Waals surface area contributed by atoms with E-state index in [0.29, 0.717) is 18.7 Å². The van der Waals surface area contributed by atoms with Crippen LogP contribution < -0.4 is 21.3 Å². The highest BCUT2D eigenvalue weighted by Crippen LogP contribution is 2.12. The Labute approximate surface area is 144 Å². The van der Waals surface area contributed by atoms with Gasteiger partial charge in [0.2, 0.25) is 5.91 Å². The monoisotopic (exact) mass is 346 g/mol. The number of H-pyrrole nitrogens is 1. The fourth-order valence-corrected chi connectivity index (χ4v) is 2.12. The second-order valence-electron chi connectivity index (χ2n) is 5.72. The van der Waals surface area contributed by atoms with Crippen molar-refractivity contribution >= 4 is 28.7 Å². The summed E-state index contributed by atoms with van der Waals surface area (Å²) in [6, 6.07) is 4.89. The average molecular weight is 346 g/mol. The highest BCUT2D eigenvalue weighted by molar-refractivity contribution is 5.97. The van der Waals surface area contributed by atoms with Crippen LogP contribution in [0.25, 0.3) is 10.9 Å². The zero-order valence-electron chi connectivity index (χ0n) is 14.2. The van der Waals surface area contributed by atoms with Crippen LogP contribution in [-0.4, -0.2) is 54.7 Å². The van der Waals surface area contributed by atoms with Gasteiger partial charge in [-0.2, -0.15) is 5.10 Å². The predicted octanol–water partition coefficient (Wildman–Crippen LogP) is -0.0260. The number of hydrogen-bond acceptors (Lipinski definition) is 4. The van der Waals surface area contributed by atoms with Gasteiger partial charge in [-0.3, -0.25) is 14.7 Å². The lowest BCUT2D eigenvalue weighted by molar-refractivity contribution is -0.120. The van der Waals surface area contributed by atoms with Crippen LogP contribution in [0.3, 0.4) is 0 Å². The van der Waals surface area contributed by atoms with Gasteiger partial charge in [0.05, 0.1) is 18.3 Å². The number of urea groups is 1. The molecule has 134 valence electrons. The van der Waals surface area contributed by atoms with E-state index in [9.17, 15) is 14.4 Å². The van der Waals surface area contributed by atoms with Crippen molar-refractivity contribution in [3.05, 3.63) is 30.0 Å². The molecule has 0 spiro atoms. The zero-order chi connectivity index (χ0) is 18.2. The number of nitrogens with one attached hydrogen (secondary N) is 5. The maximum atomic E-state index is 12.2. The van der Waals surface area contributed by atoms with Gasteiger partial charge in [0.25, 0.3) is 5.91 Å². The van der Waals surface area contributed by atoms with Crippen molar-refractivity contribution in [2.45, 2.75) is 6.92 Å². The van der Waals surface area contributed by atoms with Crippen LogP contribution in [-0.2, 0) is 4.79 Å². The van der Waals surface area contributed by atoms with Crippen molar-refractivity contribution in [1.29, 1.82) is 0 Å². The molecule has 2 aromatic rings. The molecule has 0 aliphatic rings. The third kappa shape index (κ3) is 5.48. The van der Waals surface area contributed by atoms with E-state index in [0.717, 1.165) is 10.9 Å². The van der Waals surface area contributed by atoms with Crippen LogP contribution in [0, 0.1) is 5.92 Å². The topological polar surface area (TPSA) is 128 Å². The van der Waals surface area contributed by atoms with Crippen molar-refractivity contribution in [3.8, 4) is 0 Å². The van der Waals surface area contributed by atoms with E-state index in [-0.39, 0.29) is 24.3 Å². The maximum Gasteiger partial charge on any atom is 0.314 e. The first kappa shape index (κ1) is 18.2. The van der Waals surface area contributed by atoms with E-state index in [4.69, 9.17) is 0 Å². The Kier molecular flexibility index (Phi) is 6.33. The first-order valence-electron chi connectivity index (χ1n) is 7.93. The molecule has 9 nitrogen and oxygen atoms in total. The van der Waals surface area contributed by atoms with Crippen LogP contribution in [0.2, 0.25) is 0 Å². The van der Waals surface area contributed by atoms with Gasteiger partial charge in [-0.25, -0.2) is 4.79 Å². The molecule has 0 fully saturated rings. The summed E-state index contributed by atoms with van der Waals surface area (Å²) in [5, 5.41) is 17.9. The molecular formula is C16H22N6O3. The quantitative estimate of drug-likeness (QED) is 0.482. The lowest BCUT2D eigenvalue weighted by atomic mass is 10.1. The number of aromatic amines is 1. The minimum Gasteiger partial charge on any atom is -0.354 e. The number of carbonyl (C=O) groups is 3. The molecule has 0 saturated heterocycles. The second kappa shape index (κ2) is 8.67. The maximum absolute atomic E-state index is 12.2. The zero-order valence-corrected chi connectivity index (χ0v) is 14.2. The molecule has 0 bridgehead atoms. The molecule has 0 aliphatic heterocycles. The Bertz CT molecular complexity index is 757. The molecule has 1 heterocycles. The van der Waals surface area contributed by atoms with Crippen LogP contribution >= 0.6 is 0 Å². The summed E-state index contributed by atoms with van der Waals surface area (Å²) in [5.41, 5.74) is 1.43. The molecule has 5 N–H and O–H groups in total. The molecule has 0 saturated carbocycles. The SMILES string of the molecule is CNC(=O)NCC(=O)NCC(C)CNC(=O)c1ccc2[nH]ncc2c1. The molecule has 1 atom stereocenters. The molecule has 0 radical (unpaired) electrons. The van der Waals surface area contributed by atoms with Gasteiger partial charge in [0, 0.05) is 31.1 Å². The summed E-state index contributed by atoms with van der Waals surface area (Å²) in [6.45, 7) is 2.64. The van der Waals surface area contributed by atoms with E-state index < -0.39 is 6.03 Å². The van der Waals surface area contributed by atoms with Crippen molar-refractivity contribution < 1.29 is 14.4 Å². The van der Waals surface area contributed by atoms with Gasteiger partial charge in [-0.05, 0) is 24.1 Å². The minimum atomic E-state index is -0.412. The van der Waals surface area contributed by atoms with E-state index >= 15 is 0 Å². The third-order valence-corrected chi connectivity index (χ3v) is 3.60. The van der Waals surface area contributed by atoms with Crippen molar-refractivity contribution in [2.24, 2.45) is 5.92 Å². The number of fused-ring (bicyclic) bond motifs is 1. The number of hydrogen-bond donors (Lipinski definition) is 5. The molecule has 25 heavy (non-hydrogen) atoms. The third-order valence-electron chi connectivity index (χ3n) is 3.60. The summed E-state index contributed by atoms with van der Waals surface area (Å²) < 4.78 is 0. The first-order chi connectivity index (χ1) is 12.0. The smallest absolute Gasteiger partial charge is 0.314 e. The number of aromatic nitrogens is 2. The number of carbonyl (C=O) groups excluding carboxylic acids is 3. The lowest BCUT2D eigenvalue weighted by Gasteiger charge is -2.14. The van der Waals surface area contributed by atoms with Crippen LogP contribution in [0.4, 0.5) is 4.79 Å². The molecular weight excluding hydrogens is 324 g/mol.